The van der Waals surface area contributed by atoms with E-state index in [1.165, 1.54) is 12.1 Å². The average Bonchev–Trinajstić information content (AvgIpc) is 2.36. The Bertz CT molecular complexity index is 555. The number of halogens is 3. The van der Waals surface area contributed by atoms with Gasteiger partial charge in [-0.25, -0.2) is 8.78 Å². The first kappa shape index (κ1) is 14.2. The summed E-state index contributed by atoms with van der Waals surface area (Å²) in [6.45, 7) is 0. The molecule has 0 aliphatic carbocycles. The lowest BCUT2D eigenvalue weighted by Gasteiger charge is -2.11. The van der Waals surface area contributed by atoms with E-state index in [2.05, 4.69) is 15.9 Å². The number of aliphatic hydroxyl groups is 1. The van der Waals surface area contributed by atoms with Crippen molar-refractivity contribution in [3.63, 3.8) is 0 Å². The Morgan fingerprint density at radius 2 is 1.68 bits per heavy atom. The third kappa shape index (κ3) is 4.11. The van der Waals surface area contributed by atoms with Crippen molar-refractivity contribution in [2.75, 3.05) is 0 Å². The molecule has 0 heterocycles. The molecule has 0 saturated carbocycles. The Hall–Kier alpha value is -1.26. The maximum Gasteiger partial charge on any atom is 0.129 e. The quantitative estimate of drug-likeness (QED) is 0.904. The van der Waals surface area contributed by atoms with Crippen LogP contribution in [0.1, 0.15) is 11.1 Å². The van der Waals surface area contributed by atoms with Crippen LogP contribution in [0.25, 0.3) is 0 Å². The summed E-state index contributed by atoms with van der Waals surface area (Å²) in [6.07, 6.45) is -0.0899. The van der Waals surface area contributed by atoms with Gasteiger partial charge >= 0.3 is 0 Å². The summed E-state index contributed by atoms with van der Waals surface area (Å²) in [6, 6.07) is 11.0. The number of benzene rings is 2. The van der Waals surface area contributed by atoms with Crippen LogP contribution in [0.15, 0.2) is 46.9 Å². The fraction of sp³-hybridized carbons (Fsp3) is 0.200. The number of rotatable bonds is 4. The standard InChI is InChI=1S/C15H13BrF2O/c16-12-4-1-10(2-5-12)7-14(19)8-11-3-6-13(17)9-15(11)18/h1-6,9,14,19H,7-8H2. The van der Waals surface area contributed by atoms with E-state index in [1.54, 1.807) is 0 Å². The van der Waals surface area contributed by atoms with E-state index in [9.17, 15) is 13.9 Å². The van der Waals surface area contributed by atoms with Crippen molar-refractivity contribution in [3.05, 3.63) is 69.7 Å². The van der Waals surface area contributed by atoms with E-state index in [0.29, 0.717) is 12.0 Å². The summed E-state index contributed by atoms with van der Waals surface area (Å²) in [5.74, 6) is -1.22. The second kappa shape index (κ2) is 6.26. The highest BCUT2D eigenvalue weighted by Crippen LogP contribution is 2.15. The molecule has 0 amide bonds. The smallest absolute Gasteiger partial charge is 0.129 e. The fourth-order valence-electron chi connectivity index (χ4n) is 1.91. The molecule has 0 spiro atoms. The Kier molecular flexibility index (Phi) is 4.66. The van der Waals surface area contributed by atoms with Crippen molar-refractivity contribution in [2.24, 2.45) is 0 Å². The highest BCUT2D eigenvalue weighted by Gasteiger charge is 2.11. The lowest BCUT2D eigenvalue weighted by molar-refractivity contribution is 0.174. The largest absolute Gasteiger partial charge is 0.392 e. The topological polar surface area (TPSA) is 20.2 Å². The minimum absolute atomic E-state index is 0.169. The van der Waals surface area contributed by atoms with Crippen molar-refractivity contribution >= 4 is 15.9 Å². The van der Waals surface area contributed by atoms with E-state index >= 15 is 0 Å². The molecule has 2 aromatic carbocycles. The van der Waals surface area contributed by atoms with Crippen LogP contribution in [-0.2, 0) is 12.8 Å². The molecular weight excluding hydrogens is 314 g/mol. The Morgan fingerprint density at radius 3 is 2.32 bits per heavy atom. The van der Waals surface area contributed by atoms with Gasteiger partial charge in [0.05, 0.1) is 6.10 Å². The van der Waals surface area contributed by atoms with Crippen LogP contribution in [0.4, 0.5) is 8.78 Å². The van der Waals surface area contributed by atoms with Gasteiger partial charge in [0.25, 0.3) is 0 Å². The van der Waals surface area contributed by atoms with Gasteiger partial charge in [-0.05, 0) is 35.7 Å². The molecule has 1 atom stereocenters. The normalized spacial score (nSPS) is 12.4. The number of aliphatic hydroxyl groups excluding tert-OH is 1. The lowest BCUT2D eigenvalue weighted by Crippen LogP contribution is -2.14. The van der Waals surface area contributed by atoms with Crippen molar-refractivity contribution in [2.45, 2.75) is 18.9 Å². The molecule has 1 nitrogen and oxygen atoms in total. The summed E-state index contributed by atoms with van der Waals surface area (Å²) in [7, 11) is 0. The van der Waals surface area contributed by atoms with E-state index in [-0.39, 0.29) is 6.42 Å². The summed E-state index contributed by atoms with van der Waals surface area (Å²) in [4.78, 5) is 0. The molecule has 0 radical (unpaired) electrons. The predicted molar refractivity (Wildman–Crippen MR) is 73.9 cm³/mol. The number of hydrogen-bond donors (Lipinski definition) is 1. The van der Waals surface area contributed by atoms with Gasteiger partial charge in [-0.15, -0.1) is 0 Å². The van der Waals surface area contributed by atoms with Crippen LogP contribution in [0.5, 0.6) is 0 Å². The molecule has 100 valence electrons. The van der Waals surface area contributed by atoms with Crippen LogP contribution in [0, 0.1) is 11.6 Å². The van der Waals surface area contributed by atoms with Crippen molar-refractivity contribution < 1.29 is 13.9 Å². The van der Waals surface area contributed by atoms with E-state index < -0.39 is 17.7 Å². The average molecular weight is 327 g/mol. The molecule has 0 saturated heterocycles. The molecular formula is C15H13BrF2O. The maximum atomic E-state index is 13.4. The third-order valence-corrected chi connectivity index (χ3v) is 3.38. The Morgan fingerprint density at radius 1 is 1.00 bits per heavy atom. The van der Waals surface area contributed by atoms with Gasteiger partial charge in [0, 0.05) is 17.0 Å². The zero-order valence-corrected chi connectivity index (χ0v) is 11.7. The van der Waals surface area contributed by atoms with Gasteiger partial charge in [0.2, 0.25) is 0 Å². The summed E-state index contributed by atoms with van der Waals surface area (Å²) < 4.78 is 27.2. The molecule has 0 aliphatic heterocycles. The molecule has 2 aromatic rings. The molecule has 4 heteroatoms. The Balaban J connectivity index is 2.01. The summed E-state index contributed by atoms with van der Waals surface area (Å²) in [5.41, 5.74) is 1.30. The van der Waals surface area contributed by atoms with Crippen LogP contribution < -0.4 is 0 Å². The van der Waals surface area contributed by atoms with Crippen LogP contribution in [0.3, 0.4) is 0 Å². The first-order valence-corrected chi connectivity index (χ1v) is 6.70. The zero-order chi connectivity index (χ0) is 13.8. The highest BCUT2D eigenvalue weighted by atomic mass is 79.9. The van der Waals surface area contributed by atoms with Crippen molar-refractivity contribution in [1.29, 1.82) is 0 Å². The Labute approximate surface area is 119 Å². The number of hydrogen-bond acceptors (Lipinski definition) is 1. The lowest BCUT2D eigenvalue weighted by atomic mass is 10.0. The fourth-order valence-corrected chi connectivity index (χ4v) is 2.17. The first-order chi connectivity index (χ1) is 9.04. The zero-order valence-electron chi connectivity index (χ0n) is 10.1. The molecule has 19 heavy (non-hydrogen) atoms. The van der Waals surface area contributed by atoms with Crippen LogP contribution in [0.2, 0.25) is 0 Å². The summed E-state index contributed by atoms with van der Waals surface area (Å²) in [5, 5.41) is 9.95. The second-order valence-electron chi connectivity index (χ2n) is 4.42. The molecule has 2 rings (SSSR count). The van der Waals surface area contributed by atoms with Crippen molar-refractivity contribution in [3.8, 4) is 0 Å². The molecule has 0 fully saturated rings. The third-order valence-electron chi connectivity index (χ3n) is 2.86. The van der Waals surface area contributed by atoms with Gasteiger partial charge in [0.15, 0.2) is 0 Å². The monoisotopic (exact) mass is 326 g/mol. The SMILES string of the molecule is OC(Cc1ccc(Br)cc1)Cc1ccc(F)cc1F. The minimum atomic E-state index is -0.693. The maximum absolute atomic E-state index is 13.4. The predicted octanol–water partition coefficient (Wildman–Crippen LogP) is 3.87. The second-order valence-corrected chi connectivity index (χ2v) is 5.34. The van der Waals surface area contributed by atoms with Gasteiger partial charge in [-0.1, -0.05) is 34.1 Å². The van der Waals surface area contributed by atoms with Crippen LogP contribution in [-0.4, -0.2) is 11.2 Å². The van der Waals surface area contributed by atoms with Gasteiger partial charge in [0.1, 0.15) is 11.6 Å². The molecule has 0 bridgehead atoms. The first-order valence-electron chi connectivity index (χ1n) is 5.91. The molecule has 0 aliphatic rings. The van der Waals surface area contributed by atoms with E-state index in [4.69, 9.17) is 0 Å². The van der Waals surface area contributed by atoms with Crippen molar-refractivity contribution in [1.82, 2.24) is 0 Å². The van der Waals surface area contributed by atoms with Gasteiger partial charge in [-0.2, -0.15) is 0 Å². The van der Waals surface area contributed by atoms with Gasteiger partial charge in [-0.3, -0.25) is 0 Å². The van der Waals surface area contributed by atoms with E-state index in [0.717, 1.165) is 16.1 Å². The van der Waals surface area contributed by atoms with Gasteiger partial charge < -0.3 is 5.11 Å². The van der Waals surface area contributed by atoms with E-state index in [1.807, 2.05) is 24.3 Å². The summed E-state index contributed by atoms with van der Waals surface area (Å²) >= 11 is 3.33. The molecule has 0 aromatic heterocycles. The highest BCUT2D eigenvalue weighted by molar-refractivity contribution is 9.10. The minimum Gasteiger partial charge on any atom is -0.392 e. The molecule has 1 unspecified atom stereocenters. The van der Waals surface area contributed by atoms with Crippen LogP contribution >= 0.6 is 15.9 Å². The molecule has 1 N–H and O–H groups in total.